The molecule has 0 aliphatic rings. The summed E-state index contributed by atoms with van der Waals surface area (Å²) in [5.41, 5.74) is 1.18. The predicted molar refractivity (Wildman–Crippen MR) is 83.3 cm³/mol. The van der Waals surface area contributed by atoms with Crippen molar-refractivity contribution >= 4 is 36.5 Å². The van der Waals surface area contributed by atoms with Gasteiger partial charge in [-0.3, -0.25) is 0 Å². The van der Waals surface area contributed by atoms with E-state index in [9.17, 15) is 0 Å². The molecule has 96 valence electrons. The molecule has 0 aromatic heterocycles. The third-order valence-electron chi connectivity index (χ3n) is 2.36. The van der Waals surface area contributed by atoms with Gasteiger partial charge in [-0.25, -0.2) is 0 Å². The molecule has 0 atom stereocenters. The van der Waals surface area contributed by atoms with Crippen LogP contribution in [-0.4, -0.2) is 17.2 Å². The van der Waals surface area contributed by atoms with E-state index >= 15 is 0 Å². The minimum atomic E-state index is -2.52. The van der Waals surface area contributed by atoms with E-state index in [2.05, 4.69) is 24.8 Å². The van der Waals surface area contributed by atoms with Crippen molar-refractivity contribution in [1.29, 1.82) is 0 Å². The summed E-state index contributed by atoms with van der Waals surface area (Å²) < 4.78 is 12.2. The Balaban J connectivity index is 2.92. The third-order valence-corrected chi connectivity index (χ3v) is 7.35. The molecule has 0 amide bonds. The summed E-state index contributed by atoms with van der Waals surface area (Å²) in [6.45, 7) is 5.11. The van der Waals surface area contributed by atoms with Gasteiger partial charge in [-0.15, -0.1) is 0 Å². The average molecular weight is 290 g/mol. The Bertz CT molecular complexity index is 351. The molecule has 0 radical (unpaired) electrons. The number of rotatable bonds is 7. The fourth-order valence-corrected chi connectivity index (χ4v) is 5.26. The molecule has 0 spiro atoms. The van der Waals surface area contributed by atoms with Gasteiger partial charge in [0.25, 0.3) is 0 Å². The Morgan fingerprint density at radius 1 is 1.18 bits per heavy atom. The summed E-state index contributed by atoms with van der Waals surface area (Å²) >= 11 is 9.56. The first-order valence-electron chi connectivity index (χ1n) is 5.70. The number of hydrogen-bond acceptors (Lipinski definition) is 3. The second-order valence-electron chi connectivity index (χ2n) is 3.59. The Hall–Kier alpha value is 0.01000. The van der Waals surface area contributed by atoms with E-state index < -0.39 is 7.72 Å². The van der Waals surface area contributed by atoms with E-state index in [-0.39, 0.29) is 0 Å². The van der Waals surface area contributed by atoms with Crippen LogP contribution in [0.25, 0.3) is 0 Å². The molecule has 1 aromatic carbocycles. The summed E-state index contributed by atoms with van der Waals surface area (Å²) in [6.07, 6.45) is 0.720. The SMILES string of the molecule is CCO[PH](Cc1ccccc1)(OCC)C(=S)S. The van der Waals surface area contributed by atoms with Crippen LogP contribution in [0.15, 0.2) is 30.3 Å². The van der Waals surface area contributed by atoms with Gasteiger partial charge in [0.05, 0.1) is 0 Å². The predicted octanol–water partition coefficient (Wildman–Crippen LogP) is 4.05. The Morgan fingerprint density at radius 2 is 1.71 bits per heavy atom. The molecule has 1 aromatic rings. The van der Waals surface area contributed by atoms with E-state index in [0.717, 1.165) is 6.16 Å². The molecule has 0 saturated heterocycles. The van der Waals surface area contributed by atoms with Crippen LogP contribution in [0.5, 0.6) is 0 Å². The molecular weight excluding hydrogens is 271 g/mol. The zero-order chi connectivity index (χ0) is 12.7. The monoisotopic (exact) mass is 290 g/mol. The van der Waals surface area contributed by atoms with Crippen molar-refractivity contribution in [3.05, 3.63) is 35.9 Å². The summed E-state index contributed by atoms with van der Waals surface area (Å²) in [7, 11) is -2.52. The average Bonchev–Trinajstić information content (AvgIpc) is 2.30. The summed E-state index contributed by atoms with van der Waals surface area (Å²) in [5, 5.41) is 0. The second-order valence-corrected chi connectivity index (χ2v) is 8.46. The van der Waals surface area contributed by atoms with E-state index in [4.69, 9.17) is 21.3 Å². The zero-order valence-corrected chi connectivity index (χ0v) is 12.9. The number of thiocarbonyl (C=S) groups is 1. The molecule has 0 bridgehead atoms. The first-order chi connectivity index (χ1) is 8.14. The van der Waals surface area contributed by atoms with Gasteiger partial charge >= 0.3 is 115 Å². The van der Waals surface area contributed by atoms with Crippen molar-refractivity contribution in [3.8, 4) is 0 Å². The van der Waals surface area contributed by atoms with Gasteiger partial charge in [0.1, 0.15) is 0 Å². The van der Waals surface area contributed by atoms with Crippen LogP contribution < -0.4 is 0 Å². The molecule has 1 rings (SSSR count). The van der Waals surface area contributed by atoms with Gasteiger partial charge in [0.2, 0.25) is 0 Å². The van der Waals surface area contributed by atoms with Gasteiger partial charge in [0, 0.05) is 0 Å². The van der Waals surface area contributed by atoms with Crippen molar-refractivity contribution in [2.75, 3.05) is 13.2 Å². The second kappa shape index (κ2) is 7.45. The standard InChI is InChI=1S/C12H19O2PS2/c1-3-13-15(12(16)17,14-4-2)10-11-8-6-5-7-9-11/h5-9,15H,3-4,10H2,1-2H3,(H,16,17). The normalized spacial score (nSPS) is 12.4. The molecular formula is C12H19O2PS2. The van der Waals surface area contributed by atoms with Crippen molar-refractivity contribution in [3.63, 3.8) is 0 Å². The molecule has 0 saturated carbocycles. The quantitative estimate of drug-likeness (QED) is 0.464. The molecule has 0 heterocycles. The topological polar surface area (TPSA) is 18.5 Å². The fourth-order valence-electron chi connectivity index (χ4n) is 1.67. The van der Waals surface area contributed by atoms with Crippen LogP contribution in [0.2, 0.25) is 0 Å². The van der Waals surface area contributed by atoms with E-state index in [1.165, 1.54) is 5.56 Å². The van der Waals surface area contributed by atoms with Gasteiger partial charge in [-0.1, -0.05) is 0 Å². The maximum absolute atomic E-state index is 5.83. The molecule has 0 aliphatic carbocycles. The van der Waals surface area contributed by atoms with Crippen LogP contribution in [0.4, 0.5) is 0 Å². The Kier molecular flexibility index (Phi) is 6.60. The molecule has 0 N–H and O–H groups in total. The van der Waals surface area contributed by atoms with Crippen LogP contribution in [-0.2, 0) is 15.2 Å². The number of hydrogen-bond donors (Lipinski definition) is 1. The van der Waals surface area contributed by atoms with Crippen molar-refractivity contribution in [2.24, 2.45) is 0 Å². The Morgan fingerprint density at radius 3 is 2.12 bits per heavy atom. The Labute approximate surface area is 115 Å². The van der Waals surface area contributed by atoms with Gasteiger partial charge in [-0.2, -0.15) is 0 Å². The van der Waals surface area contributed by atoms with E-state index in [1.807, 2.05) is 32.0 Å². The molecule has 0 aliphatic heterocycles. The van der Waals surface area contributed by atoms with Gasteiger partial charge in [0.15, 0.2) is 0 Å². The van der Waals surface area contributed by atoms with Crippen LogP contribution in [0, 0.1) is 0 Å². The molecule has 0 fully saturated rings. The van der Waals surface area contributed by atoms with Gasteiger partial charge < -0.3 is 0 Å². The van der Waals surface area contributed by atoms with Gasteiger partial charge in [-0.05, 0) is 0 Å². The van der Waals surface area contributed by atoms with Crippen LogP contribution in [0.3, 0.4) is 0 Å². The summed E-state index contributed by atoms with van der Waals surface area (Å²) in [5.74, 6) is 0. The minimum absolute atomic E-state index is 0.574. The summed E-state index contributed by atoms with van der Waals surface area (Å²) in [6, 6.07) is 10.1. The van der Waals surface area contributed by atoms with Crippen molar-refractivity contribution in [2.45, 2.75) is 20.0 Å². The van der Waals surface area contributed by atoms with Crippen molar-refractivity contribution in [1.82, 2.24) is 0 Å². The molecule has 17 heavy (non-hydrogen) atoms. The first kappa shape index (κ1) is 15.1. The van der Waals surface area contributed by atoms with Crippen LogP contribution in [0.1, 0.15) is 19.4 Å². The molecule has 5 heteroatoms. The molecule has 2 nitrogen and oxygen atoms in total. The molecule has 0 unspecified atom stereocenters. The van der Waals surface area contributed by atoms with E-state index in [0.29, 0.717) is 17.2 Å². The third kappa shape index (κ3) is 4.31. The maximum atomic E-state index is 5.83. The fraction of sp³-hybridized carbons (Fsp3) is 0.417. The van der Waals surface area contributed by atoms with Crippen LogP contribution >= 0.6 is 32.6 Å². The number of thiol groups is 1. The zero-order valence-electron chi connectivity index (χ0n) is 10.2. The first-order valence-corrected chi connectivity index (χ1v) is 8.57. The number of benzene rings is 1. The van der Waals surface area contributed by atoms with Crippen molar-refractivity contribution < 1.29 is 9.05 Å². The summed E-state index contributed by atoms with van der Waals surface area (Å²) in [4.78, 5) is 0. The van der Waals surface area contributed by atoms with E-state index in [1.54, 1.807) is 0 Å².